The molecule has 3 nitrogen and oxygen atoms in total. The fourth-order valence-corrected chi connectivity index (χ4v) is 3.56. The monoisotopic (exact) mass is 252 g/mol. The maximum atomic E-state index is 12.6. The van der Waals surface area contributed by atoms with Gasteiger partial charge in [0.05, 0.1) is 12.2 Å². The topological polar surface area (TPSA) is 32.3 Å². The highest BCUT2D eigenvalue weighted by Crippen LogP contribution is 2.31. The molecule has 5 atom stereocenters. The fourth-order valence-electron chi connectivity index (χ4n) is 3.56. The maximum Gasteiger partial charge on any atom is 0.241 e. The molecule has 18 heavy (non-hydrogen) atoms. The number of carbonyl (C=O) groups excluding carboxylic acids is 1. The maximum absolute atomic E-state index is 12.6. The van der Waals surface area contributed by atoms with Crippen LogP contribution in [0.1, 0.15) is 59.8 Å². The zero-order chi connectivity index (χ0) is 13.3. The molecule has 5 unspecified atom stereocenters. The number of carbonyl (C=O) groups is 1. The van der Waals surface area contributed by atoms with Crippen LogP contribution in [-0.2, 0) is 4.79 Å². The molecule has 1 heterocycles. The largest absolute Gasteiger partial charge is 0.323 e. The standard InChI is InChI=1S/C15H28N2O/c1-5-11(3)14-15(18)17(12(4)16-14)13-8-6-7-10(2)9-13/h10-14,16H,5-9H2,1-4H3. The summed E-state index contributed by atoms with van der Waals surface area (Å²) >= 11 is 0. The zero-order valence-electron chi connectivity index (χ0n) is 12.3. The summed E-state index contributed by atoms with van der Waals surface area (Å²) in [5.41, 5.74) is 0. The summed E-state index contributed by atoms with van der Waals surface area (Å²) in [5, 5.41) is 3.49. The first-order chi connectivity index (χ1) is 8.54. The molecule has 0 aromatic carbocycles. The lowest BCUT2D eigenvalue weighted by molar-refractivity contribution is -0.133. The Morgan fingerprint density at radius 1 is 1.39 bits per heavy atom. The van der Waals surface area contributed by atoms with E-state index in [1.54, 1.807) is 0 Å². The minimum atomic E-state index is 0.0437. The summed E-state index contributed by atoms with van der Waals surface area (Å²) in [6.45, 7) is 8.79. The highest BCUT2D eigenvalue weighted by molar-refractivity contribution is 5.84. The second kappa shape index (κ2) is 5.60. The molecule has 3 heteroatoms. The normalized spacial score (nSPS) is 39.1. The van der Waals surface area contributed by atoms with Crippen molar-refractivity contribution >= 4 is 5.91 Å². The molecule has 0 aromatic rings. The van der Waals surface area contributed by atoms with E-state index in [0.717, 1.165) is 12.3 Å². The van der Waals surface area contributed by atoms with Crippen molar-refractivity contribution < 1.29 is 4.79 Å². The van der Waals surface area contributed by atoms with Crippen LogP contribution in [0, 0.1) is 11.8 Å². The van der Waals surface area contributed by atoms with Gasteiger partial charge in [-0.05, 0) is 31.6 Å². The lowest BCUT2D eigenvalue weighted by atomic mass is 9.86. The van der Waals surface area contributed by atoms with Crippen LogP contribution >= 0.6 is 0 Å². The Morgan fingerprint density at radius 3 is 2.72 bits per heavy atom. The van der Waals surface area contributed by atoms with Crippen molar-refractivity contribution in [2.75, 3.05) is 0 Å². The summed E-state index contributed by atoms with van der Waals surface area (Å²) in [7, 11) is 0. The summed E-state index contributed by atoms with van der Waals surface area (Å²) in [5.74, 6) is 1.55. The van der Waals surface area contributed by atoms with Gasteiger partial charge in [0.25, 0.3) is 0 Å². The van der Waals surface area contributed by atoms with Crippen LogP contribution in [0.2, 0.25) is 0 Å². The van der Waals surface area contributed by atoms with Crippen molar-refractivity contribution in [3.05, 3.63) is 0 Å². The van der Waals surface area contributed by atoms with Crippen LogP contribution in [0.25, 0.3) is 0 Å². The average Bonchev–Trinajstić information content (AvgIpc) is 2.64. The van der Waals surface area contributed by atoms with Gasteiger partial charge in [-0.3, -0.25) is 10.1 Å². The van der Waals surface area contributed by atoms with E-state index in [4.69, 9.17) is 0 Å². The molecule has 2 aliphatic rings. The van der Waals surface area contributed by atoms with E-state index in [9.17, 15) is 4.79 Å². The quantitative estimate of drug-likeness (QED) is 0.837. The Balaban J connectivity index is 2.06. The van der Waals surface area contributed by atoms with Gasteiger partial charge < -0.3 is 4.90 Å². The third-order valence-corrected chi connectivity index (χ3v) is 4.87. The average molecular weight is 252 g/mol. The molecule has 1 aliphatic carbocycles. The van der Waals surface area contributed by atoms with Gasteiger partial charge in [-0.25, -0.2) is 0 Å². The predicted octanol–water partition coefficient (Wildman–Crippen LogP) is 2.76. The van der Waals surface area contributed by atoms with Gasteiger partial charge in [-0.1, -0.05) is 40.0 Å². The number of rotatable bonds is 3. The molecular weight excluding hydrogens is 224 g/mol. The smallest absolute Gasteiger partial charge is 0.241 e. The molecule has 2 rings (SSSR count). The second-order valence-corrected chi connectivity index (χ2v) is 6.38. The van der Waals surface area contributed by atoms with E-state index in [2.05, 4.69) is 37.9 Å². The molecule has 0 aromatic heterocycles. The molecule has 104 valence electrons. The first kappa shape index (κ1) is 13.9. The van der Waals surface area contributed by atoms with Gasteiger partial charge in [-0.15, -0.1) is 0 Å². The third kappa shape index (κ3) is 2.56. The Morgan fingerprint density at radius 2 is 2.11 bits per heavy atom. The molecule has 0 bridgehead atoms. The van der Waals surface area contributed by atoms with Crippen molar-refractivity contribution in [3.8, 4) is 0 Å². The second-order valence-electron chi connectivity index (χ2n) is 6.38. The molecule has 1 aliphatic heterocycles. The number of hydrogen-bond donors (Lipinski definition) is 1. The van der Waals surface area contributed by atoms with Crippen LogP contribution in [-0.4, -0.2) is 29.1 Å². The van der Waals surface area contributed by atoms with E-state index in [1.807, 2.05) is 0 Å². The molecule has 0 radical (unpaired) electrons. The highest BCUT2D eigenvalue weighted by Gasteiger charge is 2.42. The van der Waals surface area contributed by atoms with Crippen molar-refractivity contribution in [1.82, 2.24) is 10.2 Å². The summed E-state index contributed by atoms with van der Waals surface area (Å²) in [6, 6.07) is 0.514. The Kier molecular flexibility index (Phi) is 4.31. The molecule has 1 N–H and O–H groups in total. The van der Waals surface area contributed by atoms with Crippen molar-refractivity contribution in [2.24, 2.45) is 11.8 Å². The predicted molar refractivity (Wildman–Crippen MR) is 74.1 cm³/mol. The first-order valence-electron chi connectivity index (χ1n) is 7.62. The van der Waals surface area contributed by atoms with Gasteiger partial charge in [0.15, 0.2) is 0 Å². The van der Waals surface area contributed by atoms with E-state index in [1.165, 1.54) is 25.7 Å². The third-order valence-electron chi connectivity index (χ3n) is 4.87. The van der Waals surface area contributed by atoms with E-state index >= 15 is 0 Å². The lowest BCUT2D eigenvalue weighted by Gasteiger charge is -2.36. The van der Waals surface area contributed by atoms with Crippen molar-refractivity contribution in [1.29, 1.82) is 0 Å². The Labute approximate surface area is 111 Å². The van der Waals surface area contributed by atoms with E-state index < -0.39 is 0 Å². The fraction of sp³-hybridized carbons (Fsp3) is 0.933. The van der Waals surface area contributed by atoms with Gasteiger partial charge in [-0.2, -0.15) is 0 Å². The molecule has 0 spiro atoms. The summed E-state index contributed by atoms with van der Waals surface area (Å²) in [4.78, 5) is 14.7. The molecule has 1 saturated carbocycles. The number of nitrogens with zero attached hydrogens (tertiary/aromatic N) is 1. The molecule has 2 fully saturated rings. The SMILES string of the molecule is CCC(C)C1NC(C)N(C2CCCC(C)C2)C1=O. The molecule has 1 saturated heterocycles. The van der Waals surface area contributed by atoms with E-state index in [0.29, 0.717) is 17.9 Å². The molecule has 1 amide bonds. The van der Waals surface area contributed by atoms with Crippen LogP contribution in [0.3, 0.4) is 0 Å². The van der Waals surface area contributed by atoms with Gasteiger partial charge in [0.2, 0.25) is 5.91 Å². The van der Waals surface area contributed by atoms with Crippen LogP contribution in [0.15, 0.2) is 0 Å². The van der Waals surface area contributed by atoms with Gasteiger partial charge in [0.1, 0.15) is 0 Å². The Bertz CT molecular complexity index is 305. The minimum absolute atomic E-state index is 0.0437. The van der Waals surface area contributed by atoms with E-state index in [-0.39, 0.29) is 12.2 Å². The van der Waals surface area contributed by atoms with Crippen molar-refractivity contribution in [2.45, 2.75) is 78.0 Å². The van der Waals surface area contributed by atoms with Crippen molar-refractivity contribution in [3.63, 3.8) is 0 Å². The first-order valence-corrected chi connectivity index (χ1v) is 7.62. The Hall–Kier alpha value is -0.570. The van der Waals surface area contributed by atoms with Crippen LogP contribution < -0.4 is 5.32 Å². The highest BCUT2D eigenvalue weighted by atomic mass is 16.2. The van der Waals surface area contributed by atoms with Crippen LogP contribution in [0.5, 0.6) is 0 Å². The summed E-state index contributed by atoms with van der Waals surface area (Å²) in [6.07, 6.45) is 6.25. The molecular formula is C15H28N2O. The lowest BCUT2D eigenvalue weighted by Crippen LogP contribution is -2.45. The minimum Gasteiger partial charge on any atom is -0.323 e. The zero-order valence-corrected chi connectivity index (χ0v) is 12.3. The van der Waals surface area contributed by atoms with Gasteiger partial charge >= 0.3 is 0 Å². The number of nitrogens with one attached hydrogen (secondary N) is 1. The van der Waals surface area contributed by atoms with Crippen LogP contribution in [0.4, 0.5) is 0 Å². The van der Waals surface area contributed by atoms with Gasteiger partial charge in [0, 0.05) is 6.04 Å². The number of hydrogen-bond acceptors (Lipinski definition) is 2. The number of amides is 1. The summed E-state index contributed by atoms with van der Waals surface area (Å²) < 4.78 is 0.